The lowest BCUT2D eigenvalue weighted by atomic mass is 9.91. The molecule has 0 aromatic heterocycles. The standard InChI is InChI=1S/C11H24N2/c1-3-11(4-2,9-12)13-10-7-5-6-8-10/h10,13H,3-9,12H2,1-2H3. The van der Waals surface area contributed by atoms with Crippen molar-refractivity contribution in [3.05, 3.63) is 0 Å². The van der Waals surface area contributed by atoms with Crippen LogP contribution in [-0.4, -0.2) is 18.1 Å². The minimum absolute atomic E-state index is 0.217. The van der Waals surface area contributed by atoms with E-state index in [0.29, 0.717) is 0 Å². The van der Waals surface area contributed by atoms with Gasteiger partial charge in [0, 0.05) is 18.1 Å². The van der Waals surface area contributed by atoms with Gasteiger partial charge in [-0.1, -0.05) is 26.7 Å². The Morgan fingerprint density at radius 1 is 1.23 bits per heavy atom. The summed E-state index contributed by atoms with van der Waals surface area (Å²) >= 11 is 0. The molecule has 0 aromatic carbocycles. The fourth-order valence-corrected chi connectivity index (χ4v) is 2.30. The number of nitrogens with two attached hydrogens (primary N) is 1. The van der Waals surface area contributed by atoms with Crippen LogP contribution in [0.25, 0.3) is 0 Å². The summed E-state index contributed by atoms with van der Waals surface area (Å²) in [6, 6.07) is 0.739. The molecule has 1 aliphatic rings. The number of nitrogens with one attached hydrogen (secondary N) is 1. The zero-order valence-corrected chi connectivity index (χ0v) is 9.10. The number of rotatable bonds is 5. The Hall–Kier alpha value is -0.0800. The van der Waals surface area contributed by atoms with Crippen molar-refractivity contribution in [3.63, 3.8) is 0 Å². The third-order valence-corrected chi connectivity index (χ3v) is 3.61. The summed E-state index contributed by atoms with van der Waals surface area (Å²) in [5.41, 5.74) is 6.06. The summed E-state index contributed by atoms with van der Waals surface area (Å²) in [6.07, 6.45) is 7.79. The predicted molar refractivity (Wildman–Crippen MR) is 57.8 cm³/mol. The number of hydrogen-bond donors (Lipinski definition) is 2. The van der Waals surface area contributed by atoms with Crippen molar-refractivity contribution >= 4 is 0 Å². The van der Waals surface area contributed by atoms with Gasteiger partial charge in [-0.3, -0.25) is 0 Å². The number of hydrogen-bond acceptors (Lipinski definition) is 2. The first-order valence-electron chi connectivity index (χ1n) is 5.74. The first-order chi connectivity index (χ1) is 6.26. The first-order valence-corrected chi connectivity index (χ1v) is 5.74. The van der Waals surface area contributed by atoms with Crippen molar-refractivity contribution in [1.82, 2.24) is 5.32 Å². The molecule has 2 nitrogen and oxygen atoms in total. The maximum atomic E-state index is 5.84. The van der Waals surface area contributed by atoms with E-state index in [2.05, 4.69) is 19.2 Å². The van der Waals surface area contributed by atoms with Gasteiger partial charge in [-0.05, 0) is 25.7 Å². The van der Waals surface area contributed by atoms with Crippen LogP contribution < -0.4 is 11.1 Å². The molecular weight excluding hydrogens is 160 g/mol. The second kappa shape index (κ2) is 4.97. The summed E-state index contributed by atoms with van der Waals surface area (Å²) in [6.45, 7) is 5.24. The highest BCUT2D eigenvalue weighted by Crippen LogP contribution is 2.23. The first kappa shape index (κ1) is 11.0. The van der Waals surface area contributed by atoms with Crippen LogP contribution in [0, 0.1) is 0 Å². The van der Waals surface area contributed by atoms with Gasteiger partial charge in [0.05, 0.1) is 0 Å². The van der Waals surface area contributed by atoms with Crippen molar-refractivity contribution < 1.29 is 0 Å². The molecule has 0 aliphatic heterocycles. The molecule has 0 unspecified atom stereocenters. The monoisotopic (exact) mass is 184 g/mol. The quantitative estimate of drug-likeness (QED) is 0.686. The molecule has 78 valence electrons. The van der Waals surface area contributed by atoms with Gasteiger partial charge in [-0.15, -0.1) is 0 Å². The van der Waals surface area contributed by atoms with Gasteiger partial charge < -0.3 is 11.1 Å². The van der Waals surface area contributed by atoms with E-state index >= 15 is 0 Å². The highest BCUT2D eigenvalue weighted by molar-refractivity contribution is 4.90. The van der Waals surface area contributed by atoms with Gasteiger partial charge in [0.2, 0.25) is 0 Å². The maximum absolute atomic E-state index is 5.84. The summed E-state index contributed by atoms with van der Waals surface area (Å²) in [5, 5.41) is 3.75. The van der Waals surface area contributed by atoms with Crippen LogP contribution in [-0.2, 0) is 0 Å². The van der Waals surface area contributed by atoms with E-state index < -0.39 is 0 Å². The molecule has 0 aromatic rings. The fourth-order valence-electron chi connectivity index (χ4n) is 2.30. The van der Waals surface area contributed by atoms with E-state index in [1.165, 1.54) is 25.7 Å². The average Bonchev–Trinajstić information content (AvgIpc) is 2.67. The van der Waals surface area contributed by atoms with Crippen LogP contribution in [0.1, 0.15) is 52.4 Å². The van der Waals surface area contributed by atoms with E-state index in [1.54, 1.807) is 0 Å². The second-order valence-electron chi connectivity index (χ2n) is 4.32. The van der Waals surface area contributed by atoms with Gasteiger partial charge in [0.25, 0.3) is 0 Å². The molecule has 1 aliphatic carbocycles. The second-order valence-corrected chi connectivity index (χ2v) is 4.32. The van der Waals surface area contributed by atoms with Gasteiger partial charge in [0.1, 0.15) is 0 Å². The predicted octanol–water partition coefficient (Wildman–Crippen LogP) is 2.04. The minimum Gasteiger partial charge on any atom is -0.329 e. The van der Waals surface area contributed by atoms with Crippen LogP contribution in [0.15, 0.2) is 0 Å². The molecule has 0 atom stereocenters. The highest BCUT2D eigenvalue weighted by Gasteiger charge is 2.28. The van der Waals surface area contributed by atoms with E-state index in [9.17, 15) is 0 Å². The third kappa shape index (κ3) is 2.68. The molecule has 1 saturated carbocycles. The Labute approximate surface area is 82.3 Å². The Bertz CT molecular complexity index is 127. The van der Waals surface area contributed by atoms with Gasteiger partial charge in [0.15, 0.2) is 0 Å². The van der Waals surface area contributed by atoms with Crippen LogP contribution in [0.2, 0.25) is 0 Å². The zero-order valence-electron chi connectivity index (χ0n) is 9.10. The molecule has 1 fully saturated rings. The van der Waals surface area contributed by atoms with Gasteiger partial charge in [-0.2, -0.15) is 0 Å². The van der Waals surface area contributed by atoms with Gasteiger partial charge >= 0.3 is 0 Å². The van der Waals surface area contributed by atoms with Crippen molar-refractivity contribution in [3.8, 4) is 0 Å². The molecule has 0 radical (unpaired) electrons. The fraction of sp³-hybridized carbons (Fsp3) is 1.00. The largest absolute Gasteiger partial charge is 0.329 e. The molecule has 0 heterocycles. The Morgan fingerprint density at radius 2 is 1.77 bits per heavy atom. The van der Waals surface area contributed by atoms with E-state index in [1.807, 2.05) is 0 Å². The third-order valence-electron chi connectivity index (χ3n) is 3.61. The molecule has 13 heavy (non-hydrogen) atoms. The molecule has 1 rings (SSSR count). The van der Waals surface area contributed by atoms with Crippen molar-refractivity contribution in [1.29, 1.82) is 0 Å². The summed E-state index contributed by atoms with van der Waals surface area (Å²) < 4.78 is 0. The Balaban J connectivity index is 2.44. The molecule has 0 spiro atoms. The molecule has 0 bridgehead atoms. The minimum atomic E-state index is 0.217. The van der Waals surface area contributed by atoms with Crippen LogP contribution in [0.3, 0.4) is 0 Å². The molecule has 3 N–H and O–H groups in total. The van der Waals surface area contributed by atoms with Crippen LogP contribution in [0.5, 0.6) is 0 Å². The normalized spacial score (nSPS) is 19.6. The van der Waals surface area contributed by atoms with Crippen molar-refractivity contribution in [2.45, 2.75) is 64.0 Å². The molecule has 0 saturated heterocycles. The lowest BCUT2D eigenvalue weighted by molar-refractivity contribution is 0.272. The molecule has 0 amide bonds. The smallest absolute Gasteiger partial charge is 0.0301 e. The van der Waals surface area contributed by atoms with Crippen LogP contribution in [0.4, 0.5) is 0 Å². The van der Waals surface area contributed by atoms with E-state index in [4.69, 9.17) is 5.73 Å². The van der Waals surface area contributed by atoms with Gasteiger partial charge in [-0.25, -0.2) is 0 Å². The van der Waals surface area contributed by atoms with Crippen molar-refractivity contribution in [2.75, 3.05) is 6.54 Å². The summed E-state index contributed by atoms with van der Waals surface area (Å²) in [4.78, 5) is 0. The Kier molecular flexibility index (Phi) is 4.20. The van der Waals surface area contributed by atoms with Crippen LogP contribution >= 0.6 is 0 Å². The lowest BCUT2D eigenvalue weighted by Gasteiger charge is -2.34. The Morgan fingerprint density at radius 3 is 2.15 bits per heavy atom. The summed E-state index contributed by atoms with van der Waals surface area (Å²) in [7, 11) is 0. The lowest BCUT2D eigenvalue weighted by Crippen LogP contribution is -2.53. The van der Waals surface area contributed by atoms with Crippen molar-refractivity contribution in [2.24, 2.45) is 5.73 Å². The average molecular weight is 184 g/mol. The highest BCUT2D eigenvalue weighted by atomic mass is 15.0. The van der Waals surface area contributed by atoms with E-state index in [0.717, 1.165) is 25.4 Å². The van der Waals surface area contributed by atoms with E-state index in [-0.39, 0.29) is 5.54 Å². The molecular formula is C11H24N2. The molecule has 2 heteroatoms. The zero-order chi connectivity index (χ0) is 9.73. The summed E-state index contributed by atoms with van der Waals surface area (Å²) in [5.74, 6) is 0. The topological polar surface area (TPSA) is 38.0 Å². The maximum Gasteiger partial charge on any atom is 0.0301 e. The SMILES string of the molecule is CCC(CC)(CN)NC1CCCC1.